The number of fused-ring (bicyclic) bond motifs is 1. The molecular formula is C18H24N4O3. The molecule has 2 aliphatic rings. The molecule has 4 rings (SSSR count). The minimum atomic E-state index is -0.0362. The van der Waals surface area contributed by atoms with E-state index < -0.39 is 0 Å². The van der Waals surface area contributed by atoms with Crippen molar-refractivity contribution in [3.05, 3.63) is 35.0 Å². The minimum Gasteiger partial charge on any atom is -0.379 e. The van der Waals surface area contributed by atoms with Crippen molar-refractivity contribution >= 4 is 5.91 Å². The molecule has 0 N–H and O–H groups in total. The van der Waals surface area contributed by atoms with Crippen LogP contribution in [-0.4, -0.2) is 45.0 Å². The molecule has 25 heavy (non-hydrogen) atoms. The lowest BCUT2D eigenvalue weighted by Crippen LogP contribution is -2.42. The Balaban J connectivity index is 1.57. The van der Waals surface area contributed by atoms with E-state index in [2.05, 4.69) is 10.3 Å². The van der Waals surface area contributed by atoms with Gasteiger partial charge in [0, 0.05) is 19.3 Å². The second kappa shape index (κ2) is 6.63. The van der Waals surface area contributed by atoms with Gasteiger partial charge in [-0.25, -0.2) is 0 Å². The van der Waals surface area contributed by atoms with Crippen LogP contribution in [-0.2, 0) is 17.8 Å². The minimum absolute atomic E-state index is 0.0293. The maximum absolute atomic E-state index is 13.2. The van der Waals surface area contributed by atoms with Gasteiger partial charge in [-0.15, -0.1) is 0 Å². The van der Waals surface area contributed by atoms with Crippen LogP contribution in [0.2, 0.25) is 0 Å². The van der Waals surface area contributed by atoms with Crippen LogP contribution >= 0.6 is 0 Å². The van der Waals surface area contributed by atoms with E-state index in [1.54, 1.807) is 13.1 Å². The van der Waals surface area contributed by atoms with E-state index in [0.717, 1.165) is 25.3 Å². The standard InChI is InChI=1S/C18H24N4O3/c1-12-17(13(2)25-20-12)18(23)21-9-15-5-7-19-22(15)8-6-16(21)11-24-10-14-3-4-14/h5,7,14,16H,3-4,6,8-11H2,1-2H3. The molecule has 3 heterocycles. The second-order valence-corrected chi connectivity index (χ2v) is 7.10. The van der Waals surface area contributed by atoms with Gasteiger partial charge in [-0.2, -0.15) is 5.10 Å². The normalized spacial score (nSPS) is 20.4. The smallest absolute Gasteiger partial charge is 0.260 e. The molecule has 1 unspecified atom stereocenters. The Bertz CT molecular complexity index is 743. The first kappa shape index (κ1) is 16.3. The van der Waals surface area contributed by atoms with Gasteiger partial charge in [-0.3, -0.25) is 9.48 Å². The molecule has 134 valence electrons. The lowest BCUT2D eigenvalue weighted by molar-refractivity contribution is 0.0369. The van der Waals surface area contributed by atoms with Gasteiger partial charge >= 0.3 is 0 Å². The van der Waals surface area contributed by atoms with Crippen molar-refractivity contribution in [2.24, 2.45) is 5.92 Å². The number of amides is 1. The molecule has 0 bridgehead atoms. The van der Waals surface area contributed by atoms with Crippen LogP contribution in [0.4, 0.5) is 0 Å². The number of aryl methyl sites for hydroxylation is 3. The van der Waals surface area contributed by atoms with Crippen LogP contribution in [0.1, 0.15) is 46.8 Å². The lowest BCUT2D eigenvalue weighted by Gasteiger charge is -2.29. The van der Waals surface area contributed by atoms with E-state index in [1.807, 2.05) is 22.6 Å². The highest BCUT2D eigenvalue weighted by Crippen LogP contribution is 2.29. The Morgan fingerprint density at radius 2 is 2.16 bits per heavy atom. The van der Waals surface area contributed by atoms with Gasteiger partial charge in [-0.1, -0.05) is 5.16 Å². The number of rotatable bonds is 5. The van der Waals surface area contributed by atoms with Crippen LogP contribution in [0, 0.1) is 19.8 Å². The molecule has 1 amide bonds. The Morgan fingerprint density at radius 3 is 2.88 bits per heavy atom. The molecule has 2 aromatic rings. The van der Waals surface area contributed by atoms with Gasteiger partial charge in [0.25, 0.3) is 5.91 Å². The average molecular weight is 344 g/mol. The maximum atomic E-state index is 13.2. The van der Waals surface area contributed by atoms with Crippen molar-refractivity contribution < 1.29 is 14.1 Å². The molecule has 1 fully saturated rings. The van der Waals surface area contributed by atoms with E-state index in [4.69, 9.17) is 9.26 Å². The van der Waals surface area contributed by atoms with E-state index in [-0.39, 0.29) is 11.9 Å². The molecule has 1 saturated carbocycles. The maximum Gasteiger partial charge on any atom is 0.260 e. The fourth-order valence-electron chi connectivity index (χ4n) is 3.42. The monoisotopic (exact) mass is 344 g/mol. The molecule has 2 aromatic heterocycles. The van der Waals surface area contributed by atoms with Crippen LogP contribution < -0.4 is 0 Å². The summed E-state index contributed by atoms with van der Waals surface area (Å²) in [5.41, 5.74) is 2.25. The zero-order valence-electron chi connectivity index (χ0n) is 14.8. The van der Waals surface area contributed by atoms with Crippen LogP contribution in [0.3, 0.4) is 0 Å². The first-order chi connectivity index (χ1) is 12.1. The fourth-order valence-corrected chi connectivity index (χ4v) is 3.42. The summed E-state index contributed by atoms with van der Waals surface area (Å²) in [7, 11) is 0. The number of hydrogen-bond donors (Lipinski definition) is 0. The summed E-state index contributed by atoms with van der Waals surface area (Å²) in [6.07, 6.45) is 5.15. The van der Waals surface area contributed by atoms with Crippen molar-refractivity contribution in [2.75, 3.05) is 13.2 Å². The Labute approximate surface area is 146 Å². The Kier molecular flexibility index (Phi) is 4.33. The summed E-state index contributed by atoms with van der Waals surface area (Å²) in [6, 6.07) is 2.00. The highest BCUT2D eigenvalue weighted by Gasteiger charge is 2.32. The van der Waals surface area contributed by atoms with E-state index in [9.17, 15) is 4.79 Å². The zero-order chi connectivity index (χ0) is 17.4. The number of hydrogen-bond acceptors (Lipinski definition) is 5. The summed E-state index contributed by atoms with van der Waals surface area (Å²) >= 11 is 0. The summed E-state index contributed by atoms with van der Waals surface area (Å²) < 4.78 is 13.1. The van der Waals surface area contributed by atoms with Crippen molar-refractivity contribution in [1.82, 2.24) is 19.8 Å². The Hall–Kier alpha value is -2.15. The summed E-state index contributed by atoms with van der Waals surface area (Å²) in [5.74, 6) is 1.25. The predicted octanol–water partition coefficient (Wildman–Crippen LogP) is 2.33. The number of carbonyl (C=O) groups excluding carboxylic acids is 1. The summed E-state index contributed by atoms with van der Waals surface area (Å²) in [5, 5.41) is 8.31. The van der Waals surface area contributed by atoms with Crippen LogP contribution in [0.5, 0.6) is 0 Å². The third-order valence-corrected chi connectivity index (χ3v) is 5.12. The largest absolute Gasteiger partial charge is 0.379 e. The van der Waals surface area contributed by atoms with Crippen LogP contribution in [0.25, 0.3) is 0 Å². The summed E-state index contributed by atoms with van der Waals surface area (Å²) in [4.78, 5) is 15.2. The molecule has 1 atom stereocenters. The topological polar surface area (TPSA) is 73.4 Å². The molecule has 0 aromatic carbocycles. The van der Waals surface area contributed by atoms with Crippen molar-refractivity contribution in [2.45, 2.75) is 52.2 Å². The quantitative estimate of drug-likeness (QED) is 0.832. The predicted molar refractivity (Wildman–Crippen MR) is 90.0 cm³/mol. The van der Waals surface area contributed by atoms with E-state index in [0.29, 0.717) is 36.1 Å². The van der Waals surface area contributed by atoms with Gasteiger partial charge in [-0.05, 0) is 45.1 Å². The lowest BCUT2D eigenvalue weighted by atomic mass is 10.1. The van der Waals surface area contributed by atoms with Crippen molar-refractivity contribution in [3.8, 4) is 0 Å². The first-order valence-corrected chi connectivity index (χ1v) is 8.95. The molecule has 0 saturated heterocycles. The molecule has 1 aliphatic carbocycles. The van der Waals surface area contributed by atoms with E-state index >= 15 is 0 Å². The van der Waals surface area contributed by atoms with Gasteiger partial charge in [0.2, 0.25) is 0 Å². The van der Waals surface area contributed by atoms with Gasteiger partial charge in [0.1, 0.15) is 11.3 Å². The second-order valence-electron chi connectivity index (χ2n) is 7.10. The molecule has 1 aliphatic heterocycles. The molecular weight excluding hydrogens is 320 g/mol. The Morgan fingerprint density at radius 1 is 1.32 bits per heavy atom. The molecule has 0 radical (unpaired) electrons. The highest BCUT2D eigenvalue weighted by atomic mass is 16.5. The third-order valence-electron chi connectivity index (χ3n) is 5.12. The molecule has 0 spiro atoms. The van der Waals surface area contributed by atoms with Crippen molar-refractivity contribution in [1.29, 1.82) is 0 Å². The fraction of sp³-hybridized carbons (Fsp3) is 0.611. The SMILES string of the molecule is Cc1noc(C)c1C(=O)N1Cc2ccnn2CCC1COCC1CC1. The number of ether oxygens (including phenoxy) is 1. The zero-order valence-corrected chi connectivity index (χ0v) is 14.8. The van der Waals surface area contributed by atoms with Gasteiger partial charge in [0.05, 0.1) is 30.6 Å². The molecule has 7 heteroatoms. The number of aromatic nitrogens is 3. The number of carbonyl (C=O) groups is 1. The van der Waals surface area contributed by atoms with Gasteiger partial charge in [0.15, 0.2) is 0 Å². The number of nitrogens with zero attached hydrogens (tertiary/aromatic N) is 4. The van der Waals surface area contributed by atoms with Gasteiger partial charge < -0.3 is 14.2 Å². The van der Waals surface area contributed by atoms with Crippen molar-refractivity contribution in [3.63, 3.8) is 0 Å². The van der Waals surface area contributed by atoms with E-state index in [1.165, 1.54) is 12.8 Å². The third kappa shape index (κ3) is 3.33. The van der Waals surface area contributed by atoms with Crippen LogP contribution in [0.15, 0.2) is 16.8 Å². The average Bonchev–Trinajstić information content (AvgIpc) is 3.26. The highest BCUT2D eigenvalue weighted by molar-refractivity contribution is 5.96. The summed E-state index contributed by atoms with van der Waals surface area (Å²) in [6.45, 7) is 6.29. The molecule has 7 nitrogen and oxygen atoms in total. The first-order valence-electron chi connectivity index (χ1n) is 8.95.